The first-order valence-electron chi connectivity index (χ1n) is 5.22. The first-order valence-corrected chi connectivity index (χ1v) is 5.22. The van der Waals surface area contributed by atoms with Gasteiger partial charge >= 0.3 is 0 Å². The number of hydrogen-bond acceptors (Lipinski definition) is 2. The van der Waals surface area contributed by atoms with Crippen molar-refractivity contribution in [2.45, 2.75) is 25.7 Å². The van der Waals surface area contributed by atoms with E-state index in [2.05, 4.69) is 12.2 Å². The average Bonchev–Trinajstić information content (AvgIpc) is 2.71. The topological polar surface area (TPSA) is 40.5 Å². The summed E-state index contributed by atoms with van der Waals surface area (Å²) in [5.41, 5.74) is -0.119. The third-order valence-electron chi connectivity index (χ3n) is 3.90. The molecule has 2 heteroatoms. The van der Waals surface area contributed by atoms with E-state index in [4.69, 9.17) is 0 Å². The molecule has 0 heterocycles. The van der Waals surface area contributed by atoms with E-state index in [0.717, 1.165) is 25.7 Å². The van der Waals surface area contributed by atoms with Crippen LogP contribution in [-0.2, 0) is 0 Å². The van der Waals surface area contributed by atoms with Gasteiger partial charge in [-0.05, 0) is 37.5 Å². The second kappa shape index (κ2) is 3.43. The lowest BCUT2D eigenvalue weighted by molar-refractivity contribution is 0.111. The predicted octanol–water partition coefficient (Wildman–Crippen LogP) is 1.33. The van der Waals surface area contributed by atoms with E-state index in [1.165, 1.54) is 0 Å². The predicted molar refractivity (Wildman–Crippen MR) is 51.2 cm³/mol. The van der Waals surface area contributed by atoms with Crippen molar-refractivity contribution in [2.75, 3.05) is 13.2 Å². The van der Waals surface area contributed by atoms with Crippen molar-refractivity contribution < 1.29 is 10.2 Å². The average molecular weight is 182 g/mol. The molecule has 0 bridgehead atoms. The smallest absolute Gasteiger partial charge is 0.0514 e. The summed E-state index contributed by atoms with van der Waals surface area (Å²) < 4.78 is 0. The highest BCUT2D eigenvalue weighted by molar-refractivity contribution is 5.11. The van der Waals surface area contributed by atoms with Gasteiger partial charge in [0.1, 0.15) is 0 Å². The molecule has 2 nitrogen and oxygen atoms in total. The normalized spacial score (nSPS) is 38.6. The molecule has 0 radical (unpaired) electrons. The Morgan fingerprint density at radius 2 is 1.46 bits per heavy atom. The lowest BCUT2D eigenvalue weighted by Gasteiger charge is -2.10. The van der Waals surface area contributed by atoms with E-state index in [0.29, 0.717) is 11.8 Å². The zero-order valence-electron chi connectivity index (χ0n) is 7.95. The molecule has 2 aliphatic rings. The van der Waals surface area contributed by atoms with Gasteiger partial charge in [-0.25, -0.2) is 0 Å². The molecule has 0 aromatic rings. The molecule has 2 aliphatic carbocycles. The molecule has 74 valence electrons. The lowest BCUT2D eigenvalue weighted by Crippen LogP contribution is -2.16. The first kappa shape index (κ1) is 9.22. The van der Waals surface area contributed by atoms with Crippen LogP contribution in [0.5, 0.6) is 0 Å². The van der Waals surface area contributed by atoms with E-state index in [1.54, 1.807) is 0 Å². The van der Waals surface area contributed by atoms with E-state index >= 15 is 0 Å². The zero-order valence-corrected chi connectivity index (χ0v) is 7.95. The Hall–Kier alpha value is -0.340. The van der Waals surface area contributed by atoms with Gasteiger partial charge in [0.2, 0.25) is 0 Å². The Balaban J connectivity index is 2.05. The molecular formula is C11H18O2. The molecule has 13 heavy (non-hydrogen) atoms. The highest BCUT2D eigenvalue weighted by atomic mass is 16.3. The van der Waals surface area contributed by atoms with Gasteiger partial charge in [0.15, 0.2) is 0 Å². The molecular weight excluding hydrogens is 164 g/mol. The summed E-state index contributed by atoms with van der Waals surface area (Å²) in [7, 11) is 0. The molecule has 0 amide bonds. The molecule has 0 unspecified atom stereocenters. The fraction of sp³-hybridized carbons (Fsp3) is 0.818. The number of allylic oxidation sites excluding steroid dienone is 2. The van der Waals surface area contributed by atoms with Crippen molar-refractivity contribution in [3.05, 3.63) is 12.2 Å². The van der Waals surface area contributed by atoms with Gasteiger partial charge in [0, 0.05) is 5.41 Å². The minimum atomic E-state index is -0.119. The number of aliphatic hydroxyl groups excluding tert-OH is 2. The van der Waals surface area contributed by atoms with Crippen LogP contribution in [0, 0.1) is 17.3 Å². The Bertz CT molecular complexity index is 188. The van der Waals surface area contributed by atoms with E-state index in [-0.39, 0.29) is 18.6 Å². The maximum atomic E-state index is 9.29. The highest BCUT2D eigenvalue weighted by Gasteiger charge is 2.62. The van der Waals surface area contributed by atoms with Gasteiger partial charge < -0.3 is 10.2 Å². The molecule has 1 saturated carbocycles. The summed E-state index contributed by atoms with van der Waals surface area (Å²) in [4.78, 5) is 0. The van der Waals surface area contributed by atoms with Crippen molar-refractivity contribution in [3.8, 4) is 0 Å². The van der Waals surface area contributed by atoms with Crippen LogP contribution in [0.3, 0.4) is 0 Å². The monoisotopic (exact) mass is 182 g/mol. The highest BCUT2D eigenvalue weighted by Crippen LogP contribution is 2.62. The number of rotatable bonds is 2. The molecule has 2 rings (SSSR count). The first-order chi connectivity index (χ1) is 6.35. The Morgan fingerprint density at radius 3 is 1.85 bits per heavy atom. The van der Waals surface area contributed by atoms with Crippen molar-refractivity contribution in [1.29, 1.82) is 0 Å². The van der Waals surface area contributed by atoms with E-state index in [9.17, 15) is 10.2 Å². The summed E-state index contributed by atoms with van der Waals surface area (Å²) in [6.07, 6.45) is 8.97. The van der Waals surface area contributed by atoms with Crippen LogP contribution in [0.1, 0.15) is 25.7 Å². The minimum Gasteiger partial charge on any atom is -0.396 e. The minimum absolute atomic E-state index is 0.119. The fourth-order valence-corrected chi connectivity index (χ4v) is 2.95. The van der Waals surface area contributed by atoms with Crippen LogP contribution >= 0.6 is 0 Å². The molecule has 0 aliphatic heterocycles. The van der Waals surface area contributed by atoms with Crippen LogP contribution in [0.4, 0.5) is 0 Å². The van der Waals surface area contributed by atoms with Gasteiger partial charge in [-0.1, -0.05) is 12.2 Å². The van der Waals surface area contributed by atoms with Crippen LogP contribution in [0.25, 0.3) is 0 Å². The van der Waals surface area contributed by atoms with Gasteiger partial charge in [-0.3, -0.25) is 0 Å². The SMILES string of the molecule is OCC1(CO)[C@@H]2CC/C=C\CC[C@H]21. The molecule has 0 saturated heterocycles. The third kappa shape index (κ3) is 1.32. The standard InChI is InChI=1S/C11H18O2/c12-7-11(8-13)9-5-3-1-2-4-6-10(9)11/h1-2,9-10,12-13H,3-8H2/b2-1-/t9-,10-/m1/s1. The largest absolute Gasteiger partial charge is 0.396 e. The van der Waals surface area contributed by atoms with Crippen LogP contribution < -0.4 is 0 Å². The van der Waals surface area contributed by atoms with Crippen molar-refractivity contribution in [2.24, 2.45) is 17.3 Å². The van der Waals surface area contributed by atoms with Crippen LogP contribution in [-0.4, -0.2) is 23.4 Å². The molecule has 0 spiro atoms. The Kier molecular flexibility index (Phi) is 2.43. The van der Waals surface area contributed by atoms with E-state index in [1.807, 2.05) is 0 Å². The quantitative estimate of drug-likeness (QED) is 0.633. The lowest BCUT2D eigenvalue weighted by atomic mass is 10.0. The Labute approximate surface area is 79.3 Å². The third-order valence-corrected chi connectivity index (χ3v) is 3.90. The Morgan fingerprint density at radius 1 is 1.00 bits per heavy atom. The van der Waals surface area contributed by atoms with Crippen molar-refractivity contribution in [1.82, 2.24) is 0 Å². The summed E-state index contributed by atoms with van der Waals surface area (Å²) >= 11 is 0. The van der Waals surface area contributed by atoms with Gasteiger partial charge in [0.05, 0.1) is 13.2 Å². The second-order valence-electron chi connectivity index (χ2n) is 4.39. The summed E-state index contributed by atoms with van der Waals surface area (Å²) in [6, 6.07) is 0. The number of hydrogen-bond donors (Lipinski definition) is 2. The van der Waals surface area contributed by atoms with Gasteiger partial charge in [-0.2, -0.15) is 0 Å². The van der Waals surface area contributed by atoms with Crippen molar-refractivity contribution in [3.63, 3.8) is 0 Å². The fourth-order valence-electron chi connectivity index (χ4n) is 2.95. The van der Waals surface area contributed by atoms with Crippen LogP contribution in [0.2, 0.25) is 0 Å². The van der Waals surface area contributed by atoms with Gasteiger partial charge in [0.25, 0.3) is 0 Å². The maximum Gasteiger partial charge on any atom is 0.0514 e. The van der Waals surface area contributed by atoms with E-state index < -0.39 is 0 Å². The number of fused-ring (bicyclic) bond motifs is 1. The van der Waals surface area contributed by atoms with Crippen molar-refractivity contribution >= 4 is 0 Å². The number of aliphatic hydroxyl groups is 2. The molecule has 2 N–H and O–H groups in total. The summed E-state index contributed by atoms with van der Waals surface area (Å²) in [5.74, 6) is 1.15. The van der Waals surface area contributed by atoms with Gasteiger partial charge in [-0.15, -0.1) is 0 Å². The molecule has 1 fully saturated rings. The second-order valence-corrected chi connectivity index (χ2v) is 4.39. The molecule has 0 aromatic carbocycles. The summed E-state index contributed by atoms with van der Waals surface area (Å²) in [6.45, 7) is 0.331. The molecule has 2 atom stereocenters. The summed E-state index contributed by atoms with van der Waals surface area (Å²) in [5, 5.41) is 18.6. The van der Waals surface area contributed by atoms with Crippen LogP contribution in [0.15, 0.2) is 12.2 Å². The zero-order chi connectivity index (χ0) is 9.31. The molecule has 0 aromatic heterocycles. The maximum absolute atomic E-state index is 9.29.